The second-order valence-electron chi connectivity index (χ2n) is 4.90. The van der Waals surface area contributed by atoms with E-state index in [1.165, 1.54) is 6.20 Å². The van der Waals surface area contributed by atoms with E-state index >= 15 is 0 Å². The number of pyridine rings is 1. The second-order valence-corrected chi connectivity index (χ2v) is 4.90. The fourth-order valence-electron chi connectivity index (χ4n) is 2.39. The fourth-order valence-corrected chi connectivity index (χ4v) is 2.39. The topological polar surface area (TPSA) is 105 Å². The highest BCUT2D eigenvalue weighted by molar-refractivity contribution is 5.88. The number of nitrogens with two attached hydrogens (primary N) is 1. The molecule has 0 radical (unpaired) electrons. The molecule has 2 rings (SSSR count). The van der Waals surface area contributed by atoms with Crippen LogP contribution in [0.3, 0.4) is 0 Å². The summed E-state index contributed by atoms with van der Waals surface area (Å²) in [5.41, 5.74) is 5.52. The molecule has 1 aliphatic rings. The molecule has 1 amide bonds. The molecule has 0 spiro atoms. The largest absolute Gasteiger partial charge is 0.480 e. The molecule has 0 bridgehead atoms. The van der Waals surface area contributed by atoms with Crippen LogP contribution < -0.4 is 11.1 Å². The van der Waals surface area contributed by atoms with Crippen molar-refractivity contribution in [3.8, 4) is 0 Å². The SMILES string of the molecule is Nc1ccc(CC(=O)NC2(C(=O)O)CCCC2)nc1. The van der Waals surface area contributed by atoms with Crippen LogP contribution in [0.1, 0.15) is 31.4 Å². The average Bonchev–Trinajstić information content (AvgIpc) is 2.82. The van der Waals surface area contributed by atoms with Gasteiger partial charge in [0, 0.05) is 5.69 Å². The molecule has 1 saturated carbocycles. The Morgan fingerprint density at radius 1 is 1.37 bits per heavy atom. The van der Waals surface area contributed by atoms with Crippen molar-refractivity contribution in [2.24, 2.45) is 0 Å². The third-order valence-corrected chi connectivity index (χ3v) is 3.43. The predicted octanol–water partition coefficient (Wildman–Crippen LogP) is 0.720. The van der Waals surface area contributed by atoms with Crippen molar-refractivity contribution in [1.82, 2.24) is 10.3 Å². The molecule has 1 aromatic rings. The lowest BCUT2D eigenvalue weighted by Crippen LogP contribution is -2.53. The molecule has 1 heterocycles. The third kappa shape index (κ3) is 3.01. The Balaban J connectivity index is 2.00. The maximum absolute atomic E-state index is 11.9. The Morgan fingerprint density at radius 3 is 2.58 bits per heavy atom. The van der Waals surface area contributed by atoms with Gasteiger partial charge in [-0.1, -0.05) is 12.8 Å². The average molecular weight is 263 g/mol. The highest BCUT2D eigenvalue weighted by Gasteiger charge is 2.42. The minimum Gasteiger partial charge on any atom is -0.480 e. The molecular weight excluding hydrogens is 246 g/mol. The highest BCUT2D eigenvalue weighted by Crippen LogP contribution is 2.29. The first-order valence-corrected chi connectivity index (χ1v) is 6.27. The van der Waals surface area contributed by atoms with Crippen molar-refractivity contribution < 1.29 is 14.7 Å². The maximum atomic E-state index is 11.9. The van der Waals surface area contributed by atoms with E-state index in [4.69, 9.17) is 5.73 Å². The van der Waals surface area contributed by atoms with Crippen LogP contribution in [0.5, 0.6) is 0 Å². The summed E-state index contributed by atoms with van der Waals surface area (Å²) in [4.78, 5) is 27.3. The van der Waals surface area contributed by atoms with E-state index in [0.29, 0.717) is 24.2 Å². The van der Waals surface area contributed by atoms with Crippen LogP contribution in [0, 0.1) is 0 Å². The summed E-state index contributed by atoms with van der Waals surface area (Å²) >= 11 is 0. The first-order valence-electron chi connectivity index (χ1n) is 6.27. The number of aliphatic carboxylic acids is 1. The van der Waals surface area contributed by atoms with Gasteiger partial charge in [0.15, 0.2) is 0 Å². The van der Waals surface area contributed by atoms with Crippen LogP contribution >= 0.6 is 0 Å². The van der Waals surface area contributed by atoms with E-state index in [1.807, 2.05) is 0 Å². The van der Waals surface area contributed by atoms with Gasteiger partial charge in [0.25, 0.3) is 0 Å². The lowest BCUT2D eigenvalue weighted by Gasteiger charge is -2.25. The van der Waals surface area contributed by atoms with Crippen LogP contribution in [0.25, 0.3) is 0 Å². The zero-order chi connectivity index (χ0) is 13.9. The highest BCUT2D eigenvalue weighted by atomic mass is 16.4. The zero-order valence-electron chi connectivity index (χ0n) is 10.6. The number of carbonyl (C=O) groups excluding carboxylic acids is 1. The molecule has 1 fully saturated rings. The summed E-state index contributed by atoms with van der Waals surface area (Å²) in [5, 5.41) is 11.9. The Kier molecular flexibility index (Phi) is 3.69. The van der Waals surface area contributed by atoms with Crippen LogP contribution in [0.2, 0.25) is 0 Å². The quantitative estimate of drug-likeness (QED) is 0.742. The molecule has 0 aliphatic heterocycles. The molecule has 1 aromatic heterocycles. The van der Waals surface area contributed by atoms with Crippen molar-refractivity contribution in [3.63, 3.8) is 0 Å². The molecule has 0 atom stereocenters. The van der Waals surface area contributed by atoms with E-state index in [1.54, 1.807) is 12.1 Å². The summed E-state index contributed by atoms with van der Waals surface area (Å²) in [7, 11) is 0. The smallest absolute Gasteiger partial charge is 0.329 e. The number of carbonyl (C=O) groups is 2. The molecule has 6 nitrogen and oxygen atoms in total. The number of hydrogen-bond acceptors (Lipinski definition) is 4. The second kappa shape index (κ2) is 5.26. The van der Waals surface area contributed by atoms with Crippen LogP contribution in [-0.2, 0) is 16.0 Å². The molecule has 19 heavy (non-hydrogen) atoms. The molecule has 0 saturated heterocycles. The molecule has 1 aliphatic carbocycles. The number of nitrogen functional groups attached to an aromatic ring is 1. The number of amides is 1. The summed E-state index contributed by atoms with van der Waals surface area (Å²) in [6.45, 7) is 0. The Bertz CT molecular complexity index is 478. The molecular formula is C13H17N3O3. The summed E-state index contributed by atoms with van der Waals surface area (Å²) in [6.07, 6.45) is 4.17. The first kappa shape index (κ1) is 13.3. The van der Waals surface area contributed by atoms with E-state index in [-0.39, 0.29) is 12.3 Å². The van der Waals surface area contributed by atoms with E-state index < -0.39 is 11.5 Å². The monoisotopic (exact) mass is 263 g/mol. The predicted molar refractivity (Wildman–Crippen MR) is 69.3 cm³/mol. The van der Waals surface area contributed by atoms with Crippen molar-refractivity contribution in [1.29, 1.82) is 0 Å². The van der Waals surface area contributed by atoms with Gasteiger partial charge in [-0.2, -0.15) is 0 Å². The number of carboxylic acids is 1. The lowest BCUT2D eigenvalue weighted by atomic mass is 9.97. The third-order valence-electron chi connectivity index (χ3n) is 3.43. The van der Waals surface area contributed by atoms with Crippen molar-refractivity contribution in [2.45, 2.75) is 37.6 Å². The van der Waals surface area contributed by atoms with E-state index in [2.05, 4.69) is 10.3 Å². The standard InChI is InChI=1S/C13H17N3O3/c14-9-3-4-10(15-8-9)7-11(17)16-13(12(18)19)5-1-2-6-13/h3-4,8H,1-2,5-7,14H2,(H,16,17)(H,18,19). The van der Waals surface area contributed by atoms with Crippen molar-refractivity contribution in [2.75, 3.05) is 5.73 Å². The van der Waals surface area contributed by atoms with Gasteiger partial charge in [-0.3, -0.25) is 9.78 Å². The number of carboxylic acid groups (broad SMARTS) is 1. The van der Waals surface area contributed by atoms with Gasteiger partial charge in [-0.15, -0.1) is 0 Å². The zero-order valence-corrected chi connectivity index (χ0v) is 10.6. The molecule has 6 heteroatoms. The number of rotatable bonds is 4. The van der Waals surface area contributed by atoms with Crippen molar-refractivity contribution >= 4 is 17.6 Å². The van der Waals surface area contributed by atoms with Gasteiger partial charge < -0.3 is 16.2 Å². The molecule has 4 N–H and O–H groups in total. The Morgan fingerprint density at radius 2 is 2.05 bits per heavy atom. The molecule has 102 valence electrons. The van der Waals surface area contributed by atoms with Gasteiger partial charge >= 0.3 is 5.97 Å². The number of nitrogens with one attached hydrogen (secondary N) is 1. The number of nitrogens with zero attached hydrogens (tertiary/aromatic N) is 1. The van der Waals surface area contributed by atoms with Crippen molar-refractivity contribution in [3.05, 3.63) is 24.0 Å². The van der Waals surface area contributed by atoms with Crippen LogP contribution in [0.15, 0.2) is 18.3 Å². The van der Waals surface area contributed by atoms with Gasteiger partial charge in [-0.05, 0) is 25.0 Å². The van der Waals surface area contributed by atoms with Gasteiger partial charge in [0.1, 0.15) is 5.54 Å². The normalized spacial score (nSPS) is 17.1. The minimum absolute atomic E-state index is 0.0648. The summed E-state index contributed by atoms with van der Waals surface area (Å²) in [6, 6.07) is 3.33. The Hall–Kier alpha value is -2.11. The summed E-state index contributed by atoms with van der Waals surface area (Å²) in [5.74, 6) is -1.27. The summed E-state index contributed by atoms with van der Waals surface area (Å²) < 4.78 is 0. The van der Waals surface area contributed by atoms with Crippen LogP contribution in [0.4, 0.5) is 5.69 Å². The van der Waals surface area contributed by atoms with Gasteiger partial charge in [0.05, 0.1) is 18.3 Å². The number of anilines is 1. The maximum Gasteiger partial charge on any atom is 0.329 e. The van der Waals surface area contributed by atoms with Gasteiger partial charge in [-0.25, -0.2) is 4.79 Å². The van der Waals surface area contributed by atoms with Crippen LogP contribution in [-0.4, -0.2) is 27.5 Å². The van der Waals surface area contributed by atoms with E-state index in [9.17, 15) is 14.7 Å². The fraction of sp³-hybridized carbons (Fsp3) is 0.462. The first-order chi connectivity index (χ1) is 9.02. The minimum atomic E-state index is -1.09. The van der Waals surface area contributed by atoms with Gasteiger partial charge in [0.2, 0.25) is 5.91 Å². The molecule has 0 unspecified atom stereocenters. The number of aromatic nitrogens is 1. The van der Waals surface area contributed by atoms with E-state index in [0.717, 1.165) is 12.8 Å². The molecule has 0 aromatic carbocycles. The Labute approximate surface area is 111 Å². The number of hydrogen-bond donors (Lipinski definition) is 3. The lowest BCUT2D eigenvalue weighted by molar-refractivity contribution is -0.147.